The number of esters is 1. The molecule has 0 saturated carbocycles. The zero-order chi connectivity index (χ0) is 13.8. The SMILES string of the molecule is COC(=O)c1ccc(C(F)(F)F)c(/C=C/C=O)c1. The van der Waals surface area contributed by atoms with Crippen LogP contribution in [-0.4, -0.2) is 19.4 Å². The van der Waals surface area contributed by atoms with Crippen molar-refractivity contribution in [2.45, 2.75) is 6.18 Å². The number of carbonyl (C=O) groups excluding carboxylic acids is 2. The van der Waals surface area contributed by atoms with E-state index in [4.69, 9.17) is 0 Å². The van der Waals surface area contributed by atoms with Gasteiger partial charge in [0.05, 0.1) is 18.2 Å². The number of halogens is 3. The van der Waals surface area contributed by atoms with E-state index in [1.807, 2.05) is 0 Å². The van der Waals surface area contributed by atoms with Crippen LogP contribution >= 0.6 is 0 Å². The molecular weight excluding hydrogens is 249 g/mol. The van der Waals surface area contributed by atoms with Crippen molar-refractivity contribution in [1.82, 2.24) is 0 Å². The Labute approximate surface area is 101 Å². The standard InChI is InChI=1S/C12H9F3O3/c1-18-11(17)9-4-5-10(12(13,14)15)8(7-9)3-2-6-16/h2-7H,1H3/b3-2+. The van der Waals surface area contributed by atoms with Crippen LogP contribution < -0.4 is 0 Å². The van der Waals surface area contributed by atoms with Crippen molar-refractivity contribution in [2.24, 2.45) is 0 Å². The molecule has 0 aliphatic rings. The van der Waals surface area contributed by atoms with E-state index < -0.39 is 17.7 Å². The molecule has 18 heavy (non-hydrogen) atoms. The van der Waals surface area contributed by atoms with E-state index in [1.54, 1.807) is 0 Å². The molecule has 0 spiro atoms. The second-order valence-electron chi connectivity index (χ2n) is 3.29. The molecule has 6 heteroatoms. The van der Waals surface area contributed by atoms with Gasteiger partial charge >= 0.3 is 12.1 Å². The van der Waals surface area contributed by atoms with Gasteiger partial charge in [-0.05, 0) is 29.8 Å². The van der Waals surface area contributed by atoms with Crippen LogP contribution in [0, 0.1) is 0 Å². The topological polar surface area (TPSA) is 43.4 Å². The molecule has 0 radical (unpaired) electrons. The van der Waals surface area contributed by atoms with Gasteiger partial charge in [-0.2, -0.15) is 13.2 Å². The summed E-state index contributed by atoms with van der Waals surface area (Å²) in [6.45, 7) is 0. The van der Waals surface area contributed by atoms with Gasteiger partial charge in [0.2, 0.25) is 0 Å². The number of alkyl halides is 3. The maximum Gasteiger partial charge on any atom is 0.416 e. The number of rotatable bonds is 3. The average Bonchev–Trinajstić information content (AvgIpc) is 2.33. The van der Waals surface area contributed by atoms with Gasteiger partial charge in [-0.25, -0.2) is 4.79 Å². The van der Waals surface area contributed by atoms with E-state index in [0.29, 0.717) is 6.29 Å². The molecule has 1 aromatic carbocycles. The van der Waals surface area contributed by atoms with Crippen LogP contribution in [0.25, 0.3) is 6.08 Å². The molecule has 0 saturated heterocycles. The maximum absolute atomic E-state index is 12.7. The molecule has 96 valence electrons. The first-order valence-corrected chi connectivity index (χ1v) is 4.81. The van der Waals surface area contributed by atoms with Crippen LogP contribution in [0.15, 0.2) is 24.3 Å². The Bertz CT molecular complexity index is 490. The Morgan fingerprint density at radius 3 is 2.50 bits per heavy atom. The predicted octanol–water partition coefficient (Wildman–Crippen LogP) is 2.70. The van der Waals surface area contributed by atoms with Gasteiger partial charge in [0.15, 0.2) is 0 Å². The molecule has 0 bridgehead atoms. The lowest BCUT2D eigenvalue weighted by Gasteiger charge is -2.11. The Kier molecular flexibility index (Phi) is 4.25. The van der Waals surface area contributed by atoms with E-state index >= 15 is 0 Å². The lowest BCUT2D eigenvalue weighted by atomic mass is 10.0. The molecule has 0 aromatic heterocycles. The Morgan fingerprint density at radius 2 is 2.00 bits per heavy atom. The van der Waals surface area contributed by atoms with Gasteiger partial charge in [-0.3, -0.25) is 4.79 Å². The third-order valence-corrected chi connectivity index (χ3v) is 2.13. The summed E-state index contributed by atoms with van der Waals surface area (Å²) in [5.41, 5.74) is -1.21. The van der Waals surface area contributed by atoms with Crippen molar-refractivity contribution < 1.29 is 27.5 Å². The highest BCUT2D eigenvalue weighted by Gasteiger charge is 2.33. The molecule has 0 fully saturated rings. The first kappa shape index (κ1) is 14.0. The van der Waals surface area contributed by atoms with Gasteiger partial charge < -0.3 is 4.74 Å². The normalized spacial score (nSPS) is 11.6. The van der Waals surface area contributed by atoms with Gasteiger partial charge in [0.25, 0.3) is 0 Å². The van der Waals surface area contributed by atoms with Crippen LogP contribution in [0.1, 0.15) is 21.5 Å². The fourth-order valence-corrected chi connectivity index (χ4v) is 1.35. The second-order valence-corrected chi connectivity index (χ2v) is 3.29. The fourth-order valence-electron chi connectivity index (χ4n) is 1.35. The summed E-state index contributed by atoms with van der Waals surface area (Å²) in [4.78, 5) is 21.4. The molecule has 1 aromatic rings. The number of allylic oxidation sites excluding steroid dienone is 1. The van der Waals surface area contributed by atoms with Crippen LogP contribution in [0.5, 0.6) is 0 Å². The molecule has 3 nitrogen and oxygen atoms in total. The zero-order valence-electron chi connectivity index (χ0n) is 9.32. The highest BCUT2D eigenvalue weighted by Crippen LogP contribution is 2.33. The van der Waals surface area contributed by atoms with Crippen molar-refractivity contribution in [3.05, 3.63) is 41.0 Å². The van der Waals surface area contributed by atoms with Gasteiger partial charge in [0.1, 0.15) is 6.29 Å². The quantitative estimate of drug-likeness (QED) is 0.475. The van der Waals surface area contributed by atoms with Gasteiger partial charge in [0, 0.05) is 0 Å². The lowest BCUT2D eigenvalue weighted by molar-refractivity contribution is -0.137. The minimum Gasteiger partial charge on any atom is -0.465 e. The summed E-state index contributed by atoms with van der Waals surface area (Å²) in [6, 6.07) is 2.82. The molecule has 1 rings (SSSR count). The summed E-state index contributed by atoms with van der Waals surface area (Å²) in [5.74, 6) is -0.746. The van der Waals surface area contributed by atoms with Crippen molar-refractivity contribution in [2.75, 3.05) is 7.11 Å². The Balaban J connectivity index is 3.33. The summed E-state index contributed by atoms with van der Waals surface area (Å²) < 4.78 is 42.4. The van der Waals surface area contributed by atoms with E-state index in [9.17, 15) is 22.8 Å². The highest BCUT2D eigenvalue weighted by molar-refractivity contribution is 5.90. The average molecular weight is 258 g/mol. The van der Waals surface area contributed by atoms with Gasteiger partial charge in [-0.1, -0.05) is 6.08 Å². The number of hydrogen-bond acceptors (Lipinski definition) is 3. The van der Waals surface area contributed by atoms with Crippen LogP contribution in [-0.2, 0) is 15.7 Å². The van der Waals surface area contributed by atoms with Crippen molar-refractivity contribution in [1.29, 1.82) is 0 Å². The summed E-state index contributed by atoms with van der Waals surface area (Å²) in [7, 11) is 1.13. The first-order chi connectivity index (χ1) is 8.40. The smallest absolute Gasteiger partial charge is 0.416 e. The third kappa shape index (κ3) is 3.19. The minimum atomic E-state index is -4.56. The molecule has 0 atom stereocenters. The molecule has 0 aliphatic carbocycles. The molecule has 0 aliphatic heterocycles. The van der Waals surface area contributed by atoms with Crippen molar-refractivity contribution in [3.63, 3.8) is 0 Å². The van der Waals surface area contributed by atoms with E-state index in [-0.39, 0.29) is 11.1 Å². The van der Waals surface area contributed by atoms with Crippen molar-refractivity contribution in [3.8, 4) is 0 Å². The van der Waals surface area contributed by atoms with E-state index in [2.05, 4.69) is 4.74 Å². The molecule has 0 heterocycles. The molecular formula is C12H9F3O3. The number of aldehydes is 1. The number of carbonyl (C=O) groups is 2. The Morgan fingerprint density at radius 1 is 1.33 bits per heavy atom. The number of ether oxygens (including phenoxy) is 1. The predicted molar refractivity (Wildman–Crippen MR) is 57.9 cm³/mol. The van der Waals surface area contributed by atoms with Crippen molar-refractivity contribution >= 4 is 18.3 Å². The highest BCUT2D eigenvalue weighted by atomic mass is 19.4. The summed E-state index contributed by atoms with van der Waals surface area (Å²) >= 11 is 0. The minimum absolute atomic E-state index is 0.0175. The third-order valence-electron chi connectivity index (χ3n) is 2.13. The number of hydrogen-bond donors (Lipinski definition) is 0. The number of methoxy groups -OCH3 is 1. The number of benzene rings is 1. The summed E-state index contributed by atoms with van der Waals surface area (Å²) in [5, 5.41) is 0. The monoisotopic (exact) mass is 258 g/mol. The van der Waals surface area contributed by atoms with Crippen LogP contribution in [0.4, 0.5) is 13.2 Å². The maximum atomic E-state index is 12.7. The summed E-state index contributed by atoms with van der Waals surface area (Å²) in [6.07, 6.45) is -2.30. The molecule has 0 N–H and O–H groups in total. The van der Waals surface area contributed by atoms with Gasteiger partial charge in [-0.15, -0.1) is 0 Å². The van der Waals surface area contributed by atoms with E-state index in [0.717, 1.165) is 37.5 Å². The van der Waals surface area contributed by atoms with Crippen LogP contribution in [0.3, 0.4) is 0 Å². The van der Waals surface area contributed by atoms with E-state index in [1.165, 1.54) is 0 Å². The van der Waals surface area contributed by atoms with Crippen LogP contribution in [0.2, 0.25) is 0 Å². The molecule has 0 unspecified atom stereocenters. The largest absolute Gasteiger partial charge is 0.465 e. The Hall–Kier alpha value is -2.11. The molecule has 0 amide bonds. The second kappa shape index (κ2) is 5.48. The lowest BCUT2D eigenvalue weighted by Crippen LogP contribution is -2.09. The first-order valence-electron chi connectivity index (χ1n) is 4.81. The fraction of sp³-hybridized carbons (Fsp3) is 0.167. The zero-order valence-corrected chi connectivity index (χ0v) is 9.32.